The second-order valence-corrected chi connectivity index (χ2v) is 3.27. The summed E-state index contributed by atoms with van der Waals surface area (Å²) >= 11 is 0. The van der Waals surface area contributed by atoms with Gasteiger partial charge in [0, 0.05) is 5.69 Å². The zero-order valence-electron chi connectivity index (χ0n) is 9.73. The number of hydrogen-bond donors (Lipinski definition) is 1. The summed E-state index contributed by atoms with van der Waals surface area (Å²) in [5, 5.41) is 0. The molecule has 0 bridgehead atoms. The average molecular weight is 253 g/mol. The third-order valence-electron chi connectivity index (χ3n) is 2.12. The molecule has 6 heteroatoms. The van der Waals surface area contributed by atoms with Gasteiger partial charge in [-0.05, 0) is 12.1 Å². The molecule has 0 fully saturated rings. The number of ether oxygens (including phenoxy) is 2. The Kier molecular flexibility index (Phi) is 4.42. The second-order valence-electron chi connectivity index (χ2n) is 3.27. The van der Waals surface area contributed by atoms with Crippen LogP contribution in [0.5, 0.6) is 0 Å². The number of carbonyl (C=O) groups is 2. The summed E-state index contributed by atoms with van der Waals surface area (Å²) in [6.45, 7) is 3.27. The summed E-state index contributed by atoms with van der Waals surface area (Å²) < 4.78 is 23.0. The van der Waals surface area contributed by atoms with E-state index in [2.05, 4.69) is 16.1 Å². The Hall–Kier alpha value is -2.37. The lowest BCUT2D eigenvalue weighted by Gasteiger charge is -2.09. The monoisotopic (exact) mass is 253 g/mol. The van der Waals surface area contributed by atoms with Crippen LogP contribution in [0.4, 0.5) is 10.1 Å². The van der Waals surface area contributed by atoms with E-state index in [1.807, 2.05) is 0 Å². The number of nitrogen functional groups attached to an aromatic ring is 1. The van der Waals surface area contributed by atoms with Gasteiger partial charge in [0.25, 0.3) is 0 Å². The molecule has 0 saturated carbocycles. The zero-order valence-corrected chi connectivity index (χ0v) is 9.73. The molecule has 1 aromatic carbocycles. The second kappa shape index (κ2) is 5.81. The Morgan fingerprint density at radius 3 is 2.67 bits per heavy atom. The van der Waals surface area contributed by atoms with Crippen LogP contribution in [-0.2, 0) is 9.47 Å². The molecule has 96 valence electrons. The van der Waals surface area contributed by atoms with E-state index in [1.54, 1.807) is 0 Å². The molecule has 0 aromatic heterocycles. The normalized spacial score (nSPS) is 9.67. The molecule has 1 rings (SSSR count). The van der Waals surface area contributed by atoms with Gasteiger partial charge in [0.1, 0.15) is 12.2 Å². The van der Waals surface area contributed by atoms with Crippen molar-refractivity contribution >= 4 is 17.6 Å². The first kappa shape index (κ1) is 13.7. The van der Waals surface area contributed by atoms with Crippen molar-refractivity contribution in [2.75, 3.05) is 19.5 Å². The smallest absolute Gasteiger partial charge is 0.343 e. The molecule has 0 unspecified atom stereocenters. The largest absolute Gasteiger partial charge is 0.465 e. The molecule has 0 heterocycles. The highest BCUT2D eigenvalue weighted by atomic mass is 19.1. The molecule has 1 aromatic rings. The Morgan fingerprint density at radius 1 is 1.44 bits per heavy atom. The molecule has 0 aliphatic carbocycles. The summed E-state index contributed by atoms with van der Waals surface area (Å²) in [6, 6.07) is 2.38. The molecule has 2 N–H and O–H groups in total. The molecular weight excluding hydrogens is 241 g/mol. The van der Waals surface area contributed by atoms with Crippen LogP contribution in [0.15, 0.2) is 24.8 Å². The molecule has 0 spiro atoms. The van der Waals surface area contributed by atoms with Gasteiger partial charge in [-0.15, -0.1) is 0 Å². The van der Waals surface area contributed by atoms with E-state index in [0.29, 0.717) is 0 Å². The van der Waals surface area contributed by atoms with Crippen LogP contribution >= 0.6 is 0 Å². The number of halogens is 1. The molecule has 18 heavy (non-hydrogen) atoms. The van der Waals surface area contributed by atoms with Crippen LogP contribution < -0.4 is 5.73 Å². The molecule has 0 aliphatic heterocycles. The van der Waals surface area contributed by atoms with Crippen molar-refractivity contribution in [3.8, 4) is 0 Å². The fraction of sp³-hybridized carbons (Fsp3) is 0.167. The lowest BCUT2D eigenvalue weighted by molar-refractivity contribution is 0.0545. The van der Waals surface area contributed by atoms with E-state index in [1.165, 1.54) is 12.1 Å². The topological polar surface area (TPSA) is 78.6 Å². The van der Waals surface area contributed by atoms with Crippen LogP contribution in [-0.4, -0.2) is 25.7 Å². The van der Waals surface area contributed by atoms with E-state index in [0.717, 1.165) is 13.2 Å². The fourth-order valence-electron chi connectivity index (χ4n) is 1.27. The quantitative estimate of drug-likeness (QED) is 0.500. The van der Waals surface area contributed by atoms with E-state index in [-0.39, 0.29) is 17.9 Å². The van der Waals surface area contributed by atoms with Crippen molar-refractivity contribution in [2.45, 2.75) is 0 Å². The highest BCUT2D eigenvalue weighted by molar-refractivity contribution is 5.99. The number of rotatable bonds is 4. The summed E-state index contributed by atoms with van der Waals surface area (Å²) in [5.41, 5.74) is 4.51. The highest BCUT2D eigenvalue weighted by Crippen LogP contribution is 2.21. The van der Waals surface area contributed by atoms with Gasteiger partial charge in [-0.25, -0.2) is 14.0 Å². The van der Waals surface area contributed by atoms with Crippen LogP contribution in [0.25, 0.3) is 0 Å². The first-order chi connectivity index (χ1) is 8.52. The minimum atomic E-state index is -1.06. The summed E-state index contributed by atoms with van der Waals surface area (Å²) in [5.74, 6) is -2.92. The van der Waals surface area contributed by atoms with Crippen molar-refractivity contribution in [2.24, 2.45) is 0 Å². The van der Waals surface area contributed by atoms with Crippen LogP contribution in [0.2, 0.25) is 0 Å². The standard InChI is InChI=1S/C12H12FNO4/c1-3-6-18-12(16)9-8(14)5-4-7(10(9)13)11(15)17-2/h3-5H,1,6,14H2,2H3. The molecule has 5 nitrogen and oxygen atoms in total. The maximum Gasteiger partial charge on any atom is 0.343 e. The van der Waals surface area contributed by atoms with Gasteiger partial charge in [0.2, 0.25) is 0 Å². The van der Waals surface area contributed by atoms with Crippen molar-refractivity contribution in [1.82, 2.24) is 0 Å². The van der Waals surface area contributed by atoms with E-state index in [4.69, 9.17) is 5.73 Å². The van der Waals surface area contributed by atoms with Crippen molar-refractivity contribution in [3.05, 3.63) is 41.7 Å². The maximum atomic E-state index is 13.9. The van der Waals surface area contributed by atoms with E-state index in [9.17, 15) is 14.0 Å². The number of hydrogen-bond acceptors (Lipinski definition) is 5. The minimum Gasteiger partial charge on any atom is -0.465 e. The third kappa shape index (κ3) is 2.65. The van der Waals surface area contributed by atoms with Gasteiger partial charge in [0.15, 0.2) is 5.82 Å². The lowest BCUT2D eigenvalue weighted by Crippen LogP contribution is -2.15. The molecule has 0 saturated heterocycles. The van der Waals surface area contributed by atoms with Gasteiger partial charge in [-0.2, -0.15) is 0 Å². The molecule has 0 atom stereocenters. The van der Waals surface area contributed by atoms with Crippen LogP contribution in [0, 0.1) is 5.82 Å². The van der Waals surface area contributed by atoms with Crippen LogP contribution in [0.3, 0.4) is 0 Å². The van der Waals surface area contributed by atoms with Gasteiger partial charge >= 0.3 is 11.9 Å². The number of benzene rings is 1. The first-order valence-electron chi connectivity index (χ1n) is 4.97. The average Bonchev–Trinajstić information content (AvgIpc) is 2.35. The predicted octanol–water partition coefficient (Wildman–Crippen LogP) is 1.54. The Morgan fingerprint density at radius 2 is 2.11 bits per heavy atom. The summed E-state index contributed by atoms with van der Waals surface area (Å²) in [7, 11) is 1.10. The number of anilines is 1. The zero-order chi connectivity index (χ0) is 13.7. The Labute approximate surface area is 103 Å². The van der Waals surface area contributed by atoms with Crippen molar-refractivity contribution < 1.29 is 23.5 Å². The molecule has 0 amide bonds. The first-order valence-corrected chi connectivity index (χ1v) is 4.97. The van der Waals surface area contributed by atoms with Gasteiger partial charge < -0.3 is 15.2 Å². The van der Waals surface area contributed by atoms with Crippen LogP contribution in [0.1, 0.15) is 20.7 Å². The molecular formula is C12H12FNO4. The highest BCUT2D eigenvalue weighted by Gasteiger charge is 2.23. The van der Waals surface area contributed by atoms with Gasteiger partial charge in [-0.1, -0.05) is 12.7 Å². The number of nitrogens with two attached hydrogens (primary N) is 1. The third-order valence-corrected chi connectivity index (χ3v) is 2.12. The maximum absolute atomic E-state index is 13.9. The van der Waals surface area contributed by atoms with Gasteiger partial charge in [-0.3, -0.25) is 0 Å². The molecule has 0 aliphatic rings. The summed E-state index contributed by atoms with van der Waals surface area (Å²) in [6.07, 6.45) is 1.33. The number of esters is 2. The minimum absolute atomic E-state index is 0.0832. The SMILES string of the molecule is C=CCOC(=O)c1c(N)ccc(C(=O)OC)c1F. The fourth-order valence-corrected chi connectivity index (χ4v) is 1.27. The van der Waals surface area contributed by atoms with E-state index < -0.39 is 23.3 Å². The predicted molar refractivity (Wildman–Crippen MR) is 62.6 cm³/mol. The van der Waals surface area contributed by atoms with Gasteiger partial charge in [0.05, 0.1) is 12.7 Å². The number of methoxy groups -OCH3 is 1. The Bertz CT molecular complexity index is 499. The van der Waals surface area contributed by atoms with E-state index >= 15 is 0 Å². The van der Waals surface area contributed by atoms with Crippen molar-refractivity contribution in [3.63, 3.8) is 0 Å². The number of carbonyl (C=O) groups excluding carboxylic acids is 2. The Balaban J connectivity index is 3.21. The lowest BCUT2D eigenvalue weighted by atomic mass is 10.1. The van der Waals surface area contributed by atoms with Crippen molar-refractivity contribution in [1.29, 1.82) is 0 Å². The summed E-state index contributed by atoms with van der Waals surface area (Å²) in [4.78, 5) is 22.8. The molecule has 0 radical (unpaired) electrons.